The average molecular weight is 332 g/mol. The SMILES string of the molecule is CCCCC[C@@H](N)c1ccc(OC(F)(F)F)c(Cl)c1.Cl. The Balaban J connectivity index is 0.00000361. The highest BCUT2D eigenvalue weighted by Crippen LogP contribution is 2.32. The van der Waals surface area contributed by atoms with E-state index >= 15 is 0 Å². The molecule has 0 saturated heterocycles. The van der Waals surface area contributed by atoms with Gasteiger partial charge in [-0.1, -0.05) is 43.9 Å². The van der Waals surface area contributed by atoms with Crippen molar-refractivity contribution in [3.63, 3.8) is 0 Å². The number of hydrogen-bond acceptors (Lipinski definition) is 2. The molecule has 0 amide bonds. The minimum atomic E-state index is -4.74. The van der Waals surface area contributed by atoms with E-state index < -0.39 is 12.1 Å². The highest BCUT2D eigenvalue weighted by atomic mass is 35.5. The minimum Gasteiger partial charge on any atom is -0.404 e. The van der Waals surface area contributed by atoms with Gasteiger partial charge in [-0.3, -0.25) is 0 Å². The molecule has 2 nitrogen and oxygen atoms in total. The molecule has 2 N–H and O–H groups in total. The smallest absolute Gasteiger partial charge is 0.404 e. The van der Waals surface area contributed by atoms with Crippen molar-refractivity contribution < 1.29 is 17.9 Å². The van der Waals surface area contributed by atoms with Crippen LogP contribution in [0, 0.1) is 0 Å². The van der Waals surface area contributed by atoms with Crippen LogP contribution < -0.4 is 10.5 Å². The zero-order valence-corrected chi connectivity index (χ0v) is 12.6. The first-order valence-electron chi connectivity index (χ1n) is 6.14. The molecule has 0 bridgehead atoms. The van der Waals surface area contributed by atoms with Gasteiger partial charge in [-0.05, 0) is 24.1 Å². The number of halogens is 5. The van der Waals surface area contributed by atoms with Crippen molar-refractivity contribution in [2.24, 2.45) is 5.73 Å². The van der Waals surface area contributed by atoms with Gasteiger partial charge in [0.2, 0.25) is 0 Å². The van der Waals surface area contributed by atoms with Gasteiger partial charge in [0.15, 0.2) is 0 Å². The maximum Gasteiger partial charge on any atom is 0.573 e. The molecular formula is C13H18Cl2F3NO. The molecule has 20 heavy (non-hydrogen) atoms. The van der Waals surface area contributed by atoms with Crippen LogP contribution in [0.25, 0.3) is 0 Å². The molecule has 0 unspecified atom stereocenters. The fraction of sp³-hybridized carbons (Fsp3) is 0.538. The van der Waals surface area contributed by atoms with Crippen molar-refractivity contribution in [2.45, 2.75) is 45.0 Å². The van der Waals surface area contributed by atoms with Gasteiger partial charge in [0.25, 0.3) is 0 Å². The normalized spacial score (nSPS) is 12.7. The van der Waals surface area contributed by atoms with Crippen LogP contribution in [-0.2, 0) is 0 Å². The lowest BCUT2D eigenvalue weighted by Gasteiger charge is -2.15. The Morgan fingerprint density at radius 1 is 1.30 bits per heavy atom. The van der Waals surface area contributed by atoms with Crippen LogP contribution in [0.15, 0.2) is 18.2 Å². The van der Waals surface area contributed by atoms with E-state index in [0.717, 1.165) is 31.2 Å². The van der Waals surface area contributed by atoms with Crippen LogP contribution in [0.4, 0.5) is 13.2 Å². The summed E-state index contributed by atoms with van der Waals surface area (Å²) in [6.07, 6.45) is -0.809. The Kier molecular flexibility index (Phi) is 8.32. The topological polar surface area (TPSA) is 35.2 Å². The number of alkyl halides is 3. The first kappa shape index (κ1) is 19.4. The zero-order valence-electron chi connectivity index (χ0n) is 11.0. The number of unbranched alkanes of at least 4 members (excludes halogenated alkanes) is 2. The number of rotatable bonds is 6. The molecule has 0 aliphatic heterocycles. The summed E-state index contributed by atoms with van der Waals surface area (Å²) in [7, 11) is 0. The van der Waals surface area contributed by atoms with E-state index in [0.29, 0.717) is 0 Å². The van der Waals surface area contributed by atoms with E-state index in [1.54, 1.807) is 0 Å². The fourth-order valence-corrected chi connectivity index (χ4v) is 1.96. The van der Waals surface area contributed by atoms with Crippen molar-refractivity contribution in [1.29, 1.82) is 0 Å². The van der Waals surface area contributed by atoms with E-state index in [-0.39, 0.29) is 23.5 Å². The van der Waals surface area contributed by atoms with Gasteiger partial charge in [0, 0.05) is 6.04 Å². The van der Waals surface area contributed by atoms with Crippen LogP contribution >= 0.6 is 24.0 Å². The molecule has 1 aromatic rings. The van der Waals surface area contributed by atoms with Gasteiger partial charge in [0.05, 0.1) is 5.02 Å². The van der Waals surface area contributed by atoms with Crippen LogP contribution in [0.5, 0.6) is 5.75 Å². The predicted molar refractivity (Wildman–Crippen MR) is 76.5 cm³/mol. The van der Waals surface area contributed by atoms with Crippen LogP contribution in [0.2, 0.25) is 5.02 Å². The van der Waals surface area contributed by atoms with Crippen LogP contribution in [0.3, 0.4) is 0 Å². The summed E-state index contributed by atoms with van der Waals surface area (Å²) >= 11 is 5.76. The summed E-state index contributed by atoms with van der Waals surface area (Å²) in [6.45, 7) is 2.09. The third-order valence-corrected chi connectivity index (χ3v) is 3.02. The second kappa shape index (κ2) is 8.60. The Morgan fingerprint density at radius 3 is 2.45 bits per heavy atom. The third kappa shape index (κ3) is 6.68. The summed E-state index contributed by atoms with van der Waals surface area (Å²) in [5.41, 5.74) is 6.68. The predicted octanol–water partition coefficient (Wildman–Crippen LogP) is 5.24. The Labute approximate surface area is 127 Å². The number of hydrogen-bond donors (Lipinski definition) is 1. The zero-order chi connectivity index (χ0) is 14.5. The molecule has 116 valence electrons. The van der Waals surface area contributed by atoms with Crippen LogP contribution in [0.1, 0.15) is 44.2 Å². The molecule has 7 heteroatoms. The molecular weight excluding hydrogens is 314 g/mol. The number of benzene rings is 1. The maximum absolute atomic E-state index is 12.1. The lowest BCUT2D eigenvalue weighted by Crippen LogP contribution is -2.17. The van der Waals surface area contributed by atoms with Crippen molar-refractivity contribution in [3.05, 3.63) is 28.8 Å². The first-order valence-corrected chi connectivity index (χ1v) is 6.52. The molecule has 0 heterocycles. The van der Waals surface area contributed by atoms with Gasteiger partial charge in [-0.2, -0.15) is 0 Å². The highest BCUT2D eigenvalue weighted by Gasteiger charge is 2.32. The standard InChI is InChI=1S/C13H17ClF3NO.ClH/c1-2-3-4-5-11(18)9-6-7-12(10(14)8-9)19-13(15,16)17;/h6-8,11H,2-5,18H2,1H3;1H/t11-;/m1./s1. The molecule has 1 atom stereocenters. The van der Waals surface area contributed by atoms with Gasteiger partial charge in [-0.25, -0.2) is 0 Å². The quantitative estimate of drug-likeness (QED) is 0.723. The van der Waals surface area contributed by atoms with Gasteiger partial charge >= 0.3 is 6.36 Å². The van der Waals surface area contributed by atoms with E-state index in [4.69, 9.17) is 17.3 Å². The molecule has 0 saturated carbocycles. The highest BCUT2D eigenvalue weighted by molar-refractivity contribution is 6.32. The first-order chi connectivity index (χ1) is 8.83. The molecule has 1 rings (SSSR count). The fourth-order valence-electron chi connectivity index (χ4n) is 1.74. The van der Waals surface area contributed by atoms with Crippen molar-refractivity contribution in [2.75, 3.05) is 0 Å². The second-order valence-electron chi connectivity index (χ2n) is 4.34. The summed E-state index contributed by atoms with van der Waals surface area (Å²) < 4.78 is 40.0. The molecule has 1 aromatic carbocycles. The molecule has 0 fully saturated rings. The Bertz CT molecular complexity index is 413. The maximum atomic E-state index is 12.1. The number of nitrogens with two attached hydrogens (primary N) is 1. The lowest BCUT2D eigenvalue weighted by molar-refractivity contribution is -0.274. The van der Waals surface area contributed by atoms with Crippen molar-refractivity contribution >= 4 is 24.0 Å². The molecule has 0 spiro atoms. The summed E-state index contributed by atoms with van der Waals surface area (Å²) in [6, 6.07) is 3.93. The van der Waals surface area contributed by atoms with Gasteiger partial charge in [-0.15, -0.1) is 25.6 Å². The molecule has 0 aliphatic carbocycles. The summed E-state index contributed by atoms with van der Waals surface area (Å²) in [4.78, 5) is 0. The van der Waals surface area contributed by atoms with Crippen LogP contribution in [-0.4, -0.2) is 6.36 Å². The largest absolute Gasteiger partial charge is 0.573 e. The summed E-state index contributed by atoms with van der Waals surface area (Å²) in [5, 5.41) is -0.0826. The second-order valence-corrected chi connectivity index (χ2v) is 4.75. The Hall–Kier alpha value is -0.650. The average Bonchev–Trinajstić information content (AvgIpc) is 2.30. The van der Waals surface area contributed by atoms with E-state index in [2.05, 4.69) is 11.7 Å². The van der Waals surface area contributed by atoms with Crippen molar-refractivity contribution in [1.82, 2.24) is 0 Å². The number of ether oxygens (including phenoxy) is 1. The summed E-state index contributed by atoms with van der Waals surface area (Å²) in [5.74, 6) is -0.404. The van der Waals surface area contributed by atoms with Gasteiger partial charge in [0.1, 0.15) is 5.75 Å². The van der Waals surface area contributed by atoms with Crippen molar-refractivity contribution in [3.8, 4) is 5.75 Å². The third-order valence-electron chi connectivity index (χ3n) is 2.73. The molecule has 0 aromatic heterocycles. The lowest BCUT2D eigenvalue weighted by atomic mass is 10.0. The Morgan fingerprint density at radius 2 is 1.95 bits per heavy atom. The van der Waals surface area contributed by atoms with Gasteiger partial charge < -0.3 is 10.5 Å². The molecule has 0 aliphatic rings. The molecule has 0 radical (unpaired) electrons. The monoisotopic (exact) mass is 331 g/mol. The van der Waals surface area contributed by atoms with E-state index in [1.807, 2.05) is 0 Å². The van der Waals surface area contributed by atoms with E-state index in [1.165, 1.54) is 18.2 Å². The van der Waals surface area contributed by atoms with E-state index in [9.17, 15) is 13.2 Å². The minimum absolute atomic E-state index is 0.